The average molecular weight is 233 g/mol. The summed E-state index contributed by atoms with van der Waals surface area (Å²) in [4.78, 5) is 10.9. The maximum Gasteiger partial charge on any atom is 0.335 e. The molecular formula is C13H15NO3. The Bertz CT molecular complexity index is 437. The molecule has 1 aromatic carbocycles. The van der Waals surface area contributed by atoms with Crippen LogP contribution in [0.25, 0.3) is 0 Å². The van der Waals surface area contributed by atoms with Crippen LogP contribution in [0.15, 0.2) is 24.3 Å². The van der Waals surface area contributed by atoms with Gasteiger partial charge in [-0.2, -0.15) is 0 Å². The van der Waals surface area contributed by atoms with E-state index in [0.29, 0.717) is 23.6 Å². The zero-order chi connectivity index (χ0) is 11.8. The highest BCUT2D eigenvalue weighted by Gasteiger charge is 2.40. The van der Waals surface area contributed by atoms with Gasteiger partial charge in [0, 0.05) is 5.69 Å². The molecule has 4 nitrogen and oxygen atoms in total. The lowest BCUT2D eigenvalue weighted by Gasteiger charge is -2.46. The summed E-state index contributed by atoms with van der Waals surface area (Å²) in [6, 6.07) is 7.26. The summed E-state index contributed by atoms with van der Waals surface area (Å²) in [5, 5.41) is 12.3. The summed E-state index contributed by atoms with van der Waals surface area (Å²) in [7, 11) is 0. The molecule has 2 bridgehead atoms. The van der Waals surface area contributed by atoms with Gasteiger partial charge in [-0.05, 0) is 37.0 Å². The lowest BCUT2D eigenvalue weighted by molar-refractivity contribution is -0.0966. The minimum atomic E-state index is -0.891. The fourth-order valence-electron chi connectivity index (χ4n) is 2.56. The minimum absolute atomic E-state index is 0.318. The highest BCUT2D eigenvalue weighted by molar-refractivity contribution is 5.88. The Morgan fingerprint density at radius 2 is 2.24 bits per heavy atom. The molecule has 0 radical (unpaired) electrons. The average Bonchev–Trinajstić information content (AvgIpc) is 2.28. The molecule has 0 aromatic heterocycles. The van der Waals surface area contributed by atoms with Gasteiger partial charge in [-0.25, -0.2) is 4.79 Å². The number of carboxylic acids is 1. The van der Waals surface area contributed by atoms with E-state index in [1.807, 2.05) is 6.07 Å². The molecule has 2 heterocycles. The molecule has 1 aromatic rings. The lowest BCUT2D eigenvalue weighted by atomic mass is 9.75. The van der Waals surface area contributed by atoms with E-state index in [0.717, 1.165) is 25.1 Å². The van der Waals surface area contributed by atoms with Crippen LogP contribution in [0.1, 0.15) is 23.2 Å². The quantitative estimate of drug-likeness (QED) is 0.838. The molecule has 1 atom stereocenters. The van der Waals surface area contributed by atoms with Crippen molar-refractivity contribution in [2.45, 2.75) is 25.0 Å². The van der Waals surface area contributed by atoms with Gasteiger partial charge < -0.3 is 15.2 Å². The summed E-state index contributed by atoms with van der Waals surface area (Å²) in [6.07, 6.45) is 2.75. The molecule has 2 N–H and O–H groups in total. The van der Waals surface area contributed by atoms with Gasteiger partial charge in [0.15, 0.2) is 0 Å². The zero-order valence-electron chi connectivity index (χ0n) is 9.43. The number of aromatic carboxylic acids is 1. The number of benzene rings is 1. The van der Waals surface area contributed by atoms with Crippen molar-refractivity contribution in [2.24, 2.45) is 5.92 Å². The number of hydrogen-bond donors (Lipinski definition) is 2. The molecule has 17 heavy (non-hydrogen) atoms. The van der Waals surface area contributed by atoms with Gasteiger partial charge in [0.2, 0.25) is 0 Å². The smallest absolute Gasteiger partial charge is 0.335 e. The van der Waals surface area contributed by atoms with Gasteiger partial charge in [-0.3, -0.25) is 0 Å². The Balaban J connectivity index is 1.71. The normalized spacial score (nSPS) is 30.5. The first-order chi connectivity index (χ1) is 8.22. The molecule has 90 valence electrons. The molecule has 0 amide bonds. The molecule has 4 heteroatoms. The first-order valence-electron chi connectivity index (χ1n) is 5.94. The second-order valence-electron chi connectivity index (χ2n) is 4.82. The third-order valence-electron chi connectivity index (χ3n) is 3.67. The van der Waals surface area contributed by atoms with E-state index < -0.39 is 5.97 Å². The molecular weight excluding hydrogens is 218 g/mol. The van der Waals surface area contributed by atoms with Crippen LogP contribution in [0.3, 0.4) is 0 Å². The second kappa shape index (κ2) is 4.04. The number of nitrogens with one attached hydrogen (secondary N) is 1. The Hall–Kier alpha value is -1.55. The predicted octanol–water partition coefficient (Wildman–Crippen LogP) is 1.97. The van der Waals surface area contributed by atoms with Crippen molar-refractivity contribution in [3.63, 3.8) is 0 Å². The van der Waals surface area contributed by atoms with Crippen molar-refractivity contribution >= 4 is 11.7 Å². The summed E-state index contributed by atoms with van der Waals surface area (Å²) in [5.74, 6) is -0.209. The van der Waals surface area contributed by atoms with E-state index >= 15 is 0 Å². The standard InChI is InChI=1S/C13H15NO3/c15-13(16)8-2-1-3-10(4-8)14-12-7-17-11-5-9(12)6-11/h1-4,9,11-12,14H,5-7H2,(H,15,16). The lowest BCUT2D eigenvalue weighted by Crippen LogP contribution is -2.51. The number of hydrogen-bond acceptors (Lipinski definition) is 3. The van der Waals surface area contributed by atoms with Gasteiger partial charge in [0.25, 0.3) is 0 Å². The van der Waals surface area contributed by atoms with E-state index in [9.17, 15) is 4.79 Å². The molecule has 1 saturated carbocycles. The number of carbonyl (C=O) groups is 1. The SMILES string of the molecule is O=C(O)c1cccc(NC2COC3CC2C3)c1. The molecule has 2 aliphatic heterocycles. The number of anilines is 1. The Morgan fingerprint density at radius 1 is 1.41 bits per heavy atom. The van der Waals surface area contributed by atoms with Gasteiger partial charge in [-0.1, -0.05) is 6.07 Å². The Morgan fingerprint density at radius 3 is 2.88 bits per heavy atom. The van der Waals surface area contributed by atoms with Crippen molar-refractivity contribution < 1.29 is 14.6 Å². The highest BCUT2D eigenvalue weighted by atomic mass is 16.5. The van der Waals surface area contributed by atoms with Gasteiger partial charge >= 0.3 is 5.97 Å². The largest absolute Gasteiger partial charge is 0.478 e. The topological polar surface area (TPSA) is 58.6 Å². The zero-order valence-corrected chi connectivity index (χ0v) is 9.43. The number of rotatable bonds is 3. The second-order valence-corrected chi connectivity index (χ2v) is 4.82. The van der Waals surface area contributed by atoms with Crippen molar-refractivity contribution in [3.8, 4) is 0 Å². The summed E-state index contributed by atoms with van der Waals surface area (Å²) in [5.41, 5.74) is 1.18. The predicted molar refractivity (Wildman–Crippen MR) is 63.3 cm³/mol. The van der Waals surface area contributed by atoms with Crippen LogP contribution in [0, 0.1) is 5.92 Å². The van der Waals surface area contributed by atoms with E-state index in [4.69, 9.17) is 9.84 Å². The van der Waals surface area contributed by atoms with Crippen LogP contribution in [0.2, 0.25) is 0 Å². The summed E-state index contributed by atoms with van der Waals surface area (Å²) in [6.45, 7) is 0.729. The first kappa shape index (κ1) is 10.6. The summed E-state index contributed by atoms with van der Waals surface area (Å²) >= 11 is 0. The molecule has 3 aliphatic rings. The number of fused-ring (bicyclic) bond motifs is 2. The number of carboxylic acid groups (broad SMARTS) is 1. The van der Waals surface area contributed by atoms with E-state index in [1.165, 1.54) is 0 Å². The molecule has 3 fully saturated rings. The molecule has 0 spiro atoms. The maximum atomic E-state index is 10.9. The summed E-state index contributed by atoms with van der Waals surface area (Å²) < 4.78 is 5.63. The Kier molecular flexibility index (Phi) is 2.52. The van der Waals surface area contributed by atoms with E-state index in [-0.39, 0.29) is 0 Å². The third kappa shape index (κ3) is 2.00. The van der Waals surface area contributed by atoms with E-state index in [1.54, 1.807) is 18.2 Å². The number of ether oxygens (including phenoxy) is 1. The molecule has 2 saturated heterocycles. The van der Waals surface area contributed by atoms with Crippen molar-refractivity contribution in [2.75, 3.05) is 11.9 Å². The van der Waals surface area contributed by atoms with Crippen LogP contribution >= 0.6 is 0 Å². The van der Waals surface area contributed by atoms with Gasteiger partial charge in [0.05, 0.1) is 24.3 Å². The van der Waals surface area contributed by atoms with Crippen molar-refractivity contribution in [1.29, 1.82) is 0 Å². The monoisotopic (exact) mass is 233 g/mol. The minimum Gasteiger partial charge on any atom is -0.478 e. The fraction of sp³-hybridized carbons (Fsp3) is 0.462. The van der Waals surface area contributed by atoms with Crippen LogP contribution in [0.5, 0.6) is 0 Å². The van der Waals surface area contributed by atoms with E-state index in [2.05, 4.69) is 5.32 Å². The van der Waals surface area contributed by atoms with Gasteiger partial charge in [0.1, 0.15) is 0 Å². The third-order valence-corrected chi connectivity index (χ3v) is 3.67. The fourth-order valence-corrected chi connectivity index (χ4v) is 2.56. The van der Waals surface area contributed by atoms with Crippen LogP contribution in [-0.4, -0.2) is 29.8 Å². The van der Waals surface area contributed by atoms with Crippen LogP contribution in [0.4, 0.5) is 5.69 Å². The van der Waals surface area contributed by atoms with Gasteiger partial charge in [-0.15, -0.1) is 0 Å². The highest BCUT2D eigenvalue weighted by Crippen LogP contribution is 2.38. The maximum absolute atomic E-state index is 10.9. The molecule has 4 rings (SSSR count). The van der Waals surface area contributed by atoms with Crippen LogP contribution in [-0.2, 0) is 4.74 Å². The molecule has 1 aliphatic carbocycles. The van der Waals surface area contributed by atoms with Crippen molar-refractivity contribution in [3.05, 3.63) is 29.8 Å². The van der Waals surface area contributed by atoms with Crippen LogP contribution < -0.4 is 5.32 Å². The van der Waals surface area contributed by atoms with Crippen molar-refractivity contribution in [1.82, 2.24) is 0 Å². The first-order valence-corrected chi connectivity index (χ1v) is 5.94. The molecule has 1 unspecified atom stereocenters. The Labute approximate surface area is 99.6 Å².